The molecule has 0 amide bonds. The molecular weight excluding hydrogens is 2230 g/mol. The molecule has 0 spiro atoms. The number of benzene rings is 4. The third-order valence-corrected chi connectivity index (χ3v) is 22.2. The van der Waals surface area contributed by atoms with E-state index in [-0.39, 0.29) is 63.4 Å². The number of halogens is 10. The van der Waals surface area contributed by atoms with Gasteiger partial charge in [0.2, 0.25) is 9.60 Å². The molecule has 11 aromatic rings. The number of hydrogen-bond acceptors (Lipinski definition) is 18. The van der Waals surface area contributed by atoms with E-state index in [0.717, 1.165) is 124 Å². The number of nitrogens with one attached hydrogen (secondary N) is 1. The van der Waals surface area contributed by atoms with Gasteiger partial charge in [-0.3, -0.25) is 10.2 Å². The number of nitrogen functional groups attached to an aromatic ring is 1. The van der Waals surface area contributed by atoms with Crippen LogP contribution in [-0.2, 0) is 59.9 Å². The first-order valence-electron chi connectivity index (χ1n) is 41.5. The fourth-order valence-corrected chi connectivity index (χ4v) is 15.6. The van der Waals surface area contributed by atoms with E-state index in [1.54, 1.807) is 52.7 Å². The van der Waals surface area contributed by atoms with Gasteiger partial charge in [0.15, 0.2) is 61.0 Å². The number of unbranched alkanes of at least 4 members (excludes halogenated alkanes) is 12. The number of anilines is 1. The summed E-state index contributed by atoms with van der Waals surface area (Å²) in [6, 6.07) is 49.5. The van der Waals surface area contributed by atoms with Crippen LogP contribution < -0.4 is 101 Å². The van der Waals surface area contributed by atoms with Gasteiger partial charge in [-0.15, -0.1) is 27.7 Å². The fourth-order valence-electron chi connectivity index (χ4n) is 11.4. The normalized spacial score (nSPS) is 11.4. The van der Waals surface area contributed by atoms with Crippen LogP contribution in [0.25, 0.3) is 30.6 Å². The van der Waals surface area contributed by atoms with Crippen LogP contribution >= 0.6 is 114 Å². The molecule has 7 aromatic heterocycles. The molecule has 4 aromatic carbocycles. The molecule has 693 valence electrons. The van der Waals surface area contributed by atoms with E-state index in [4.69, 9.17) is 26.6 Å². The number of nitrogens with two attached hydrogens (primary N) is 2. The Labute approximate surface area is 835 Å². The molecule has 0 unspecified atom stereocenters. The first kappa shape index (κ1) is 123. The van der Waals surface area contributed by atoms with E-state index in [2.05, 4.69) is 302 Å². The van der Waals surface area contributed by atoms with E-state index < -0.39 is 12.1 Å². The molecule has 0 atom stereocenters. The van der Waals surface area contributed by atoms with Gasteiger partial charge in [0.05, 0.1) is 71.5 Å². The molecule has 8 heterocycles. The molecule has 6 N–H and O–H groups in total. The van der Waals surface area contributed by atoms with Crippen LogP contribution in [0.5, 0.6) is 0 Å². The predicted octanol–water partition coefficient (Wildman–Crippen LogP) is 12.1. The molecule has 0 bridgehead atoms. The van der Waals surface area contributed by atoms with Crippen molar-refractivity contribution in [1.82, 2.24) is 14.1 Å². The monoisotopic (exact) mass is 2350 g/mol. The summed E-state index contributed by atoms with van der Waals surface area (Å²) >= 11 is 14.8. The molecule has 0 saturated carbocycles. The Morgan fingerprint density at radius 3 is 1.29 bits per heavy atom. The zero-order chi connectivity index (χ0) is 89.2. The van der Waals surface area contributed by atoms with Crippen LogP contribution in [0, 0.1) is 6.92 Å². The third-order valence-electron chi connectivity index (χ3n) is 17.5. The number of aldehydes is 1. The summed E-state index contributed by atoms with van der Waals surface area (Å²) in [7, 11) is 1.63. The second kappa shape index (κ2) is 78.3. The Balaban J connectivity index is 0. The van der Waals surface area contributed by atoms with Crippen LogP contribution in [0.1, 0.15) is 203 Å². The summed E-state index contributed by atoms with van der Waals surface area (Å²) in [5, 5.41) is 45.3. The average Bonchev–Trinajstić information content (AvgIpc) is 1.67. The summed E-state index contributed by atoms with van der Waals surface area (Å²) in [4.78, 5) is 26.7. The first-order chi connectivity index (χ1) is 59.5. The number of thioether (sulfide) groups is 1. The van der Waals surface area contributed by atoms with Gasteiger partial charge in [0.25, 0.3) is 0 Å². The standard InChI is InChI=1S/C23H31N4S.C22H30N5S.C18H20N3S.C10H14NO.C7H7N3S.C6H13Br.C2HF3O2.C2H5.CH4O.3BrH.ClH.2HI.V/c1-3-5-7-10-17-27-21-13-8-9-14-22(21)28-23(27)25-24-18-20-12-11-16-26(19-20)15-6-4-2;1-2-3-4-7-16-27-20-11-5-6-12-21(20)28-22(27)25-24-17-19-10-8-14-26(18-19)15-9-13-23;1-2-3-10-21-11-6-7-15(14-21)13-19-20-18-12-16-8-4-5-9-17(16)22-18;1-2-3-6-11-7-4-5-10(8-11)9-12;8-10-7-9-5-3-1-2-4-6(5)11-7;1-2-3-4-5-6-7;3-2(4,5)1(6)7;2*1-2;;;;;;;/h8-9,11-14,16,18-19H,3-7,10,15,17H2,1-2H3;5-6,8,10-12,14,17-18H,2-4,7,9,13,15-16,23H2,1H3;4-9,11,13-14H,2-3,10,12H2,1H3;4-5,7-9H,2-3,6H2,1H3;1-4H,8H2,(H,9,10);2-6H2,1H3;(H,6,7);1H2,2H3;2H,1H3;6*1H;/q4*+1;;;;-1;;;;;;;;+2/p-6/b24-18+,25-23-;24-17+,25-22-;19-13+,20-18-;;;;;;;;;;;;;. The molecular formula is C91H125Br4ClF3I2N16O4S4V-. The number of pyridine rings is 4. The zero-order valence-corrected chi connectivity index (χ0v) is 89.5. The van der Waals surface area contributed by atoms with Crippen molar-refractivity contribution in [3.05, 3.63) is 240 Å². The summed E-state index contributed by atoms with van der Waals surface area (Å²) in [6.45, 7) is 25.0. The number of carboxylic acid groups (broad SMARTS) is 1. The molecule has 126 heavy (non-hydrogen) atoms. The number of carbonyl (C=O) groups is 2. The summed E-state index contributed by atoms with van der Waals surface area (Å²) in [5.74, 6) is 2.20. The number of hydrazine groups is 1. The molecule has 35 heteroatoms. The van der Waals surface area contributed by atoms with Gasteiger partial charge in [-0.25, -0.2) is 29.1 Å². The second-order valence-corrected chi connectivity index (χ2v) is 43.7. The Hall–Kier alpha value is -5.36. The number of carboxylic acids is 1. The van der Waals surface area contributed by atoms with Gasteiger partial charge >= 0.3 is 55.6 Å². The average molecular weight is 2350 g/mol. The number of thiazole rings is 3. The summed E-state index contributed by atoms with van der Waals surface area (Å²) in [5.41, 5.74) is 16.9. The van der Waals surface area contributed by atoms with Gasteiger partial charge in [-0.1, -0.05) is 235 Å². The van der Waals surface area contributed by atoms with E-state index in [1.807, 2.05) is 84.1 Å². The number of aliphatic carboxylic acids is 1. The van der Waals surface area contributed by atoms with Crippen LogP contribution in [0.2, 0.25) is 0 Å². The van der Waals surface area contributed by atoms with Crippen LogP contribution in [0.4, 0.5) is 18.3 Å². The van der Waals surface area contributed by atoms with E-state index in [9.17, 15) is 18.0 Å². The first-order valence-corrected chi connectivity index (χ1v) is 54.9. The minimum atomic E-state index is -5.19. The predicted molar refractivity (Wildman–Crippen MR) is 526 cm³/mol. The van der Waals surface area contributed by atoms with E-state index >= 15 is 0 Å². The molecule has 0 aliphatic carbocycles. The molecule has 0 saturated heterocycles. The van der Waals surface area contributed by atoms with Crippen molar-refractivity contribution in [3.63, 3.8) is 0 Å². The molecule has 0 fully saturated rings. The number of alkyl halides is 4. The second-order valence-electron chi connectivity index (χ2n) is 27.0. The Morgan fingerprint density at radius 1 is 0.548 bits per heavy atom. The molecule has 20 nitrogen and oxygen atoms in total. The number of rotatable bonds is 34. The van der Waals surface area contributed by atoms with Crippen LogP contribution in [-0.4, -0.2) is 80.3 Å². The van der Waals surface area contributed by atoms with Crippen molar-refractivity contribution in [2.24, 2.45) is 42.2 Å². The number of aryl methyl sites for hydroxylation is 6. The maximum absolute atomic E-state index is 10.5. The number of aromatic nitrogens is 7. The maximum atomic E-state index is 10.5. The zero-order valence-electron chi connectivity index (χ0n) is 73.3. The number of carbonyl (C=O) groups excluding carboxylic acids is 2. The van der Waals surface area contributed by atoms with Crippen molar-refractivity contribution in [3.8, 4) is 0 Å². The molecule has 1 aliphatic rings. The number of aliphatic hydroxyl groups is 1. The summed E-state index contributed by atoms with van der Waals surface area (Å²) in [6.07, 6.45) is 42.1. The van der Waals surface area contributed by atoms with Crippen molar-refractivity contribution < 1.29 is 112 Å². The Morgan fingerprint density at radius 2 is 0.913 bits per heavy atom. The molecule has 0 radical (unpaired) electrons. The third kappa shape index (κ3) is 51.5. The number of aliphatic hydroxyl groups excluding tert-OH is 1. The number of fused-ring (bicyclic) bond motifs is 4. The van der Waals surface area contributed by atoms with Gasteiger partial charge in [0, 0.05) is 86.8 Å². The molecule has 12 rings (SSSR count). The Kier molecular flexibility index (Phi) is 76.3. The van der Waals surface area contributed by atoms with E-state index in [1.165, 1.54) is 145 Å². The van der Waals surface area contributed by atoms with Gasteiger partial charge in [-0.05, 0) is 98.1 Å². The Bertz CT molecular complexity index is 4750. The van der Waals surface area contributed by atoms with Crippen molar-refractivity contribution >= 4 is 186 Å². The van der Waals surface area contributed by atoms with Gasteiger partial charge in [0.1, 0.15) is 37.2 Å². The topological polar surface area (TPSA) is 254 Å². The number of hydrogen-bond donors (Lipinski definition) is 4. The SMILES string of the molecule is CCCCCCBr.CCCCCCn1/c(=N/N=C/c2ccc[n+](CCCC)c2)sc2ccccc21.CCCCCCn1/c(=N/N=C/c2ccc[n+](CCCN)c2)sc2ccccc21.CCCC[n+]1cccc(/C=N/N=C2/Cc3ccccc3S2)c1.CCCC[n+]1cccc(C=O)c1.CO.Cl.NNc1nc2ccccc2s1.O=C([O-])C(F)(F)F.[Br-].[Br-].[Br-].[CH2-]C.[I][V][I]. The van der Waals surface area contributed by atoms with Crippen molar-refractivity contribution in [1.29, 1.82) is 0 Å². The van der Waals surface area contributed by atoms with Gasteiger partial charge in [-0.2, -0.15) is 35.4 Å². The minimum absolute atomic E-state index is 0. The van der Waals surface area contributed by atoms with Gasteiger partial charge < -0.3 is 87.7 Å². The summed E-state index contributed by atoms with van der Waals surface area (Å²) < 4.78 is 48.5. The fraction of sp³-hybridized carbons (Fsp3) is 0.407. The quantitative estimate of drug-likeness (QED) is 0.00344. The molecule has 1 aliphatic heterocycles. The van der Waals surface area contributed by atoms with Crippen molar-refractivity contribution in [2.45, 2.75) is 227 Å². The van der Waals surface area contributed by atoms with E-state index in [0.29, 0.717) is 16.0 Å². The van der Waals surface area contributed by atoms with Crippen LogP contribution in [0.3, 0.4) is 0 Å². The number of para-hydroxylation sites is 3. The van der Waals surface area contributed by atoms with Crippen molar-refractivity contribution in [2.75, 3.05) is 24.4 Å². The van der Waals surface area contributed by atoms with Crippen LogP contribution in [0.15, 0.2) is 231 Å². The number of nitrogens with zero attached hydrogens (tertiary/aromatic N) is 13.